The van der Waals surface area contributed by atoms with Crippen LogP contribution in [0.3, 0.4) is 0 Å². The number of thioether (sulfide) groups is 1. The lowest BCUT2D eigenvalue weighted by Crippen LogP contribution is -2.49. The van der Waals surface area contributed by atoms with Gasteiger partial charge in [0, 0.05) is 48.6 Å². The fourth-order valence-electron chi connectivity index (χ4n) is 3.33. The first-order valence-electron chi connectivity index (χ1n) is 9.53. The van der Waals surface area contributed by atoms with Gasteiger partial charge in [0.05, 0.1) is 5.69 Å². The van der Waals surface area contributed by atoms with Crippen LogP contribution in [0, 0.1) is 12.7 Å². The van der Waals surface area contributed by atoms with Gasteiger partial charge in [0.25, 0.3) is 5.91 Å². The van der Waals surface area contributed by atoms with Gasteiger partial charge in [0.2, 0.25) is 0 Å². The topological polar surface area (TPSA) is 36.4 Å². The highest BCUT2D eigenvalue weighted by Crippen LogP contribution is 2.26. The molecule has 150 valence electrons. The minimum Gasteiger partial charge on any atom is -0.366 e. The molecule has 3 aromatic rings. The number of rotatable bonds is 5. The molecule has 4 rings (SSSR count). The molecule has 2 aromatic carbocycles. The van der Waals surface area contributed by atoms with Crippen LogP contribution < -0.4 is 4.90 Å². The molecular formula is C22H22FN3OS2. The van der Waals surface area contributed by atoms with Gasteiger partial charge in [-0.25, -0.2) is 9.37 Å². The maximum atomic E-state index is 14.0. The number of amides is 1. The standard InChI is InChI=1S/C22H22FN3OS2/c1-16-14-28-22(24-16)29-15-17-6-8-18(9-7-17)21(27)26-12-10-25(11-13-26)20-5-3-2-4-19(20)23/h2-9,14H,10-13,15H2,1H3. The van der Waals surface area contributed by atoms with Crippen molar-refractivity contribution in [2.75, 3.05) is 31.1 Å². The van der Waals surface area contributed by atoms with Gasteiger partial charge < -0.3 is 9.80 Å². The molecule has 0 bridgehead atoms. The summed E-state index contributed by atoms with van der Waals surface area (Å²) in [5.74, 6) is 0.657. The summed E-state index contributed by atoms with van der Waals surface area (Å²) in [5.41, 5.74) is 3.53. The van der Waals surface area contributed by atoms with E-state index >= 15 is 0 Å². The number of para-hydroxylation sites is 1. The zero-order valence-electron chi connectivity index (χ0n) is 16.2. The zero-order chi connectivity index (χ0) is 20.2. The molecule has 7 heteroatoms. The number of carbonyl (C=O) groups excluding carboxylic acids is 1. The van der Waals surface area contributed by atoms with E-state index in [-0.39, 0.29) is 11.7 Å². The minimum absolute atomic E-state index is 0.0351. The number of thiazole rings is 1. The molecule has 1 saturated heterocycles. The summed E-state index contributed by atoms with van der Waals surface area (Å²) in [5, 5.41) is 2.05. The van der Waals surface area contributed by atoms with Crippen molar-refractivity contribution < 1.29 is 9.18 Å². The summed E-state index contributed by atoms with van der Waals surface area (Å²) in [6, 6.07) is 14.6. The van der Waals surface area contributed by atoms with E-state index in [2.05, 4.69) is 10.4 Å². The van der Waals surface area contributed by atoms with Gasteiger partial charge in [-0.15, -0.1) is 11.3 Å². The number of aryl methyl sites for hydroxylation is 1. The normalized spacial score (nSPS) is 14.3. The van der Waals surface area contributed by atoms with Crippen LogP contribution in [0.4, 0.5) is 10.1 Å². The molecule has 0 atom stereocenters. The Morgan fingerprint density at radius 3 is 2.48 bits per heavy atom. The Bertz CT molecular complexity index is 982. The number of carbonyl (C=O) groups is 1. The van der Waals surface area contributed by atoms with Gasteiger partial charge in [-0.05, 0) is 36.8 Å². The van der Waals surface area contributed by atoms with Crippen molar-refractivity contribution in [3.63, 3.8) is 0 Å². The van der Waals surface area contributed by atoms with Crippen molar-refractivity contribution in [1.29, 1.82) is 0 Å². The smallest absolute Gasteiger partial charge is 0.253 e. The second-order valence-electron chi connectivity index (χ2n) is 6.97. The molecule has 0 spiro atoms. The van der Waals surface area contributed by atoms with Crippen molar-refractivity contribution in [3.8, 4) is 0 Å². The lowest BCUT2D eigenvalue weighted by molar-refractivity contribution is 0.0746. The lowest BCUT2D eigenvalue weighted by atomic mass is 10.1. The van der Waals surface area contributed by atoms with Gasteiger partial charge in [0.1, 0.15) is 10.2 Å². The van der Waals surface area contributed by atoms with Gasteiger partial charge in [-0.1, -0.05) is 36.0 Å². The molecule has 2 heterocycles. The molecule has 1 aliphatic heterocycles. The van der Waals surface area contributed by atoms with Gasteiger partial charge >= 0.3 is 0 Å². The maximum Gasteiger partial charge on any atom is 0.253 e. The highest BCUT2D eigenvalue weighted by Gasteiger charge is 2.23. The second-order valence-corrected chi connectivity index (χ2v) is 9.05. The van der Waals surface area contributed by atoms with E-state index in [1.165, 1.54) is 11.6 Å². The first-order valence-corrected chi connectivity index (χ1v) is 11.4. The summed E-state index contributed by atoms with van der Waals surface area (Å²) < 4.78 is 15.0. The monoisotopic (exact) mass is 427 g/mol. The maximum absolute atomic E-state index is 14.0. The fraction of sp³-hybridized carbons (Fsp3) is 0.273. The van der Waals surface area contributed by atoms with Crippen LogP contribution in [0.15, 0.2) is 58.3 Å². The second kappa shape index (κ2) is 8.97. The number of benzene rings is 2. The molecule has 4 nitrogen and oxygen atoms in total. The van der Waals surface area contributed by atoms with E-state index < -0.39 is 0 Å². The van der Waals surface area contributed by atoms with Gasteiger partial charge in [0.15, 0.2) is 0 Å². The Kier molecular flexibility index (Phi) is 6.16. The Balaban J connectivity index is 1.32. The average Bonchev–Trinajstić information content (AvgIpc) is 3.18. The zero-order valence-corrected chi connectivity index (χ0v) is 17.8. The number of nitrogens with zero attached hydrogens (tertiary/aromatic N) is 3. The molecule has 0 saturated carbocycles. The summed E-state index contributed by atoms with van der Waals surface area (Å²) in [6.45, 7) is 4.45. The number of aromatic nitrogens is 1. The van der Waals surface area contributed by atoms with Crippen LogP contribution in [-0.2, 0) is 5.75 Å². The van der Waals surface area contributed by atoms with E-state index in [4.69, 9.17) is 0 Å². The van der Waals surface area contributed by atoms with Crippen LogP contribution in [0.1, 0.15) is 21.6 Å². The van der Waals surface area contributed by atoms with Crippen LogP contribution in [-0.4, -0.2) is 42.0 Å². The molecular weight excluding hydrogens is 405 g/mol. The Morgan fingerprint density at radius 2 is 1.83 bits per heavy atom. The third-order valence-corrected chi connectivity index (χ3v) is 7.13. The molecule has 0 N–H and O–H groups in total. The van der Waals surface area contributed by atoms with Crippen molar-refractivity contribution in [1.82, 2.24) is 9.88 Å². The predicted molar refractivity (Wildman–Crippen MR) is 117 cm³/mol. The molecule has 0 unspecified atom stereocenters. The summed E-state index contributed by atoms with van der Waals surface area (Å²) in [7, 11) is 0. The van der Waals surface area contributed by atoms with Crippen molar-refractivity contribution >= 4 is 34.7 Å². The summed E-state index contributed by atoms with van der Waals surface area (Å²) in [6.07, 6.45) is 0. The van der Waals surface area contributed by atoms with E-state index in [0.717, 1.165) is 15.8 Å². The SMILES string of the molecule is Cc1csc(SCc2ccc(C(=O)N3CCN(c4ccccc4F)CC3)cc2)n1. The Labute approximate surface area is 178 Å². The number of anilines is 1. The molecule has 29 heavy (non-hydrogen) atoms. The molecule has 1 amide bonds. The third kappa shape index (κ3) is 4.79. The van der Waals surface area contributed by atoms with Gasteiger partial charge in [-0.3, -0.25) is 4.79 Å². The third-order valence-electron chi connectivity index (χ3n) is 4.92. The van der Waals surface area contributed by atoms with Gasteiger partial charge in [-0.2, -0.15) is 0 Å². The van der Waals surface area contributed by atoms with E-state index in [0.29, 0.717) is 37.4 Å². The number of piperazine rings is 1. The van der Waals surface area contributed by atoms with E-state index in [1.807, 2.05) is 47.1 Å². The largest absolute Gasteiger partial charge is 0.366 e. The minimum atomic E-state index is -0.214. The first-order chi connectivity index (χ1) is 14.1. The van der Waals surface area contributed by atoms with Crippen LogP contribution in [0.25, 0.3) is 0 Å². The first kappa shape index (κ1) is 19.9. The summed E-state index contributed by atoms with van der Waals surface area (Å²) >= 11 is 3.37. The molecule has 1 fully saturated rings. The predicted octanol–water partition coefficient (Wildman–Crippen LogP) is 4.85. The molecule has 0 aliphatic carbocycles. The van der Waals surface area contributed by atoms with Crippen molar-refractivity contribution in [3.05, 3.63) is 76.5 Å². The summed E-state index contributed by atoms with van der Waals surface area (Å²) in [4.78, 5) is 21.1. The molecule has 1 aromatic heterocycles. The van der Waals surface area contributed by atoms with E-state index in [9.17, 15) is 9.18 Å². The Hall–Kier alpha value is -2.38. The fourth-order valence-corrected chi connectivity index (χ4v) is 5.13. The van der Waals surface area contributed by atoms with E-state index in [1.54, 1.807) is 35.2 Å². The van der Waals surface area contributed by atoms with Crippen LogP contribution >= 0.6 is 23.1 Å². The molecule has 1 aliphatic rings. The number of halogens is 1. The van der Waals surface area contributed by atoms with Crippen molar-refractivity contribution in [2.45, 2.75) is 17.0 Å². The van der Waals surface area contributed by atoms with Crippen LogP contribution in [0.2, 0.25) is 0 Å². The molecule has 0 radical (unpaired) electrons. The quantitative estimate of drug-likeness (QED) is 0.546. The Morgan fingerprint density at radius 1 is 1.10 bits per heavy atom. The lowest BCUT2D eigenvalue weighted by Gasteiger charge is -2.36. The highest BCUT2D eigenvalue weighted by molar-refractivity contribution is 8.00. The average molecular weight is 428 g/mol. The highest BCUT2D eigenvalue weighted by atomic mass is 32.2. The number of hydrogen-bond acceptors (Lipinski definition) is 5. The van der Waals surface area contributed by atoms with Crippen LogP contribution in [0.5, 0.6) is 0 Å². The van der Waals surface area contributed by atoms with Crippen molar-refractivity contribution in [2.24, 2.45) is 0 Å². The number of hydrogen-bond donors (Lipinski definition) is 0.